The number of amides is 2. The first-order valence-electron chi connectivity index (χ1n) is 11.0. The summed E-state index contributed by atoms with van der Waals surface area (Å²) in [6.45, 7) is 6.83. The van der Waals surface area contributed by atoms with Crippen LogP contribution in [0.4, 0.5) is 0 Å². The summed E-state index contributed by atoms with van der Waals surface area (Å²) in [6.07, 6.45) is 0.484. The Morgan fingerprint density at radius 3 is 2.57 bits per heavy atom. The second-order valence-electron chi connectivity index (χ2n) is 8.63. The third-order valence-corrected chi connectivity index (χ3v) is 5.53. The van der Waals surface area contributed by atoms with Gasteiger partial charge in [-0.25, -0.2) is 4.79 Å². The number of hydrogen-bond acceptors (Lipinski definition) is 7. The fourth-order valence-corrected chi connectivity index (χ4v) is 3.64. The van der Waals surface area contributed by atoms with E-state index in [1.807, 2.05) is 19.9 Å². The van der Waals surface area contributed by atoms with Gasteiger partial charge in [-0.2, -0.15) is 5.26 Å². The Morgan fingerprint density at radius 1 is 1.23 bits per heavy atom. The monoisotopic (exact) mass is 496 g/mol. The fraction of sp³-hybridized carbons (Fsp3) is 0.308. The molecule has 0 aliphatic carbocycles. The van der Waals surface area contributed by atoms with Crippen LogP contribution in [0.15, 0.2) is 51.5 Å². The molecule has 0 saturated carbocycles. The van der Waals surface area contributed by atoms with Crippen LogP contribution in [0.3, 0.4) is 0 Å². The van der Waals surface area contributed by atoms with E-state index in [-0.39, 0.29) is 46.4 Å². The third kappa shape index (κ3) is 5.70. The molecule has 182 valence electrons. The predicted octanol–water partition coefficient (Wildman–Crippen LogP) is 4.39. The molecule has 2 amide bonds. The van der Waals surface area contributed by atoms with Gasteiger partial charge >= 0.3 is 5.97 Å². The van der Waals surface area contributed by atoms with Crippen LogP contribution in [0.25, 0.3) is 17.4 Å². The number of aliphatic hydroxyl groups excluding tert-OH is 1. The first-order chi connectivity index (χ1) is 16.5. The second kappa shape index (κ2) is 10.7. The lowest BCUT2D eigenvalue weighted by molar-refractivity contribution is -0.141. The van der Waals surface area contributed by atoms with Crippen LogP contribution in [-0.2, 0) is 14.3 Å². The van der Waals surface area contributed by atoms with Crippen molar-refractivity contribution in [2.24, 2.45) is 5.92 Å². The molecule has 0 fully saturated rings. The van der Waals surface area contributed by atoms with Crippen molar-refractivity contribution in [2.45, 2.75) is 33.8 Å². The maximum absolute atomic E-state index is 13.0. The second-order valence-corrected chi connectivity index (χ2v) is 9.04. The molecule has 3 rings (SSSR count). The number of β-amino-alcohol motifs (C(OH)–C–C–N with tert-alkyl or cyclic N) is 1. The van der Waals surface area contributed by atoms with E-state index in [0.29, 0.717) is 17.1 Å². The summed E-state index contributed by atoms with van der Waals surface area (Å²) >= 11 is 6.19. The Balaban J connectivity index is 1.96. The van der Waals surface area contributed by atoms with Crippen LogP contribution in [0, 0.1) is 17.2 Å². The van der Waals surface area contributed by atoms with Crippen molar-refractivity contribution in [1.29, 1.82) is 5.26 Å². The van der Waals surface area contributed by atoms with Crippen LogP contribution in [-0.4, -0.2) is 47.0 Å². The number of imide groups is 1. The van der Waals surface area contributed by atoms with Crippen molar-refractivity contribution >= 4 is 35.5 Å². The SMILES string of the molecule is CC1=C(C#N)C(=O)N(C[C@H](C)O)C(=O)/C1=C/c1ccc(-c2ccc(Cl)c(C(=O)OCC(C)C)c2)o1. The number of nitrogens with zero attached hydrogens (tertiary/aromatic N) is 2. The van der Waals surface area contributed by atoms with Crippen LogP contribution < -0.4 is 0 Å². The van der Waals surface area contributed by atoms with Crippen molar-refractivity contribution in [3.8, 4) is 17.4 Å². The smallest absolute Gasteiger partial charge is 0.339 e. The molecule has 1 N–H and O–H groups in total. The van der Waals surface area contributed by atoms with Crippen molar-refractivity contribution in [2.75, 3.05) is 13.2 Å². The zero-order chi connectivity index (χ0) is 25.9. The molecule has 8 nitrogen and oxygen atoms in total. The quantitative estimate of drug-likeness (QED) is 0.343. The number of carbonyl (C=O) groups excluding carboxylic acids is 3. The van der Waals surface area contributed by atoms with Gasteiger partial charge < -0.3 is 14.3 Å². The molecule has 0 saturated heterocycles. The van der Waals surface area contributed by atoms with Crippen LogP contribution in [0.5, 0.6) is 0 Å². The summed E-state index contributed by atoms with van der Waals surface area (Å²) < 4.78 is 11.1. The predicted molar refractivity (Wildman–Crippen MR) is 129 cm³/mol. The average molecular weight is 497 g/mol. The van der Waals surface area contributed by atoms with Gasteiger partial charge in [-0.15, -0.1) is 0 Å². The molecular weight excluding hydrogens is 472 g/mol. The van der Waals surface area contributed by atoms with Crippen molar-refractivity contribution < 1.29 is 28.6 Å². The summed E-state index contributed by atoms with van der Waals surface area (Å²) in [4.78, 5) is 38.7. The Morgan fingerprint density at radius 2 is 1.94 bits per heavy atom. The molecule has 1 aromatic heterocycles. The number of rotatable bonds is 7. The van der Waals surface area contributed by atoms with E-state index in [2.05, 4.69) is 0 Å². The third-order valence-electron chi connectivity index (χ3n) is 5.20. The normalized spacial score (nSPS) is 16.2. The Bertz CT molecular complexity index is 1280. The highest BCUT2D eigenvalue weighted by atomic mass is 35.5. The van der Waals surface area contributed by atoms with Gasteiger partial charge in [0.25, 0.3) is 11.8 Å². The number of halogens is 1. The summed E-state index contributed by atoms with van der Waals surface area (Å²) in [5, 5.41) is 19.4. The fourth-order valence-electron chi connectivity index (χ4n) is 3.44. The Kier molecular flexibility index (Phi) is 7.95. The lowest BCUT2D eigenvalue weighted by Crippen LogP contribution is -2.45. The molecule has 0 bridgehead atoms. The minimum absolute atomic E-state index is 0.108. The number of benzene rings is 1. The standard InChI is InChI=1S/C26H25ClN2O6/c1-14(2)13-34-26(33)20-9-17(5-7-22(20)27)23-8-6-18(35-23)10-19-16(4)21(11-28)25(32)29(24(19)31)12-15(3)30/h5-10,14-15,30H,12-13H2,1-4H3/b19-10+/t15-/m0/s1. The zero-order valence-electron chi connectivity index (χ0n) is 19.8. The topological polar surface area (TPSA) is 121 Å². The summed E-state index contributed by atoms with van der Waals surface area (Å²) in [5.41, 5.74) is 0.931. The number of nitriles is 1. The van der Waals surface area contributed by atoms with Gasteiger partial charge in [0.1, 0.15) is 23.2 Å². The van der Waals surface area contributed by atoms with Gasteiger partial charge in [0.2, 0.25) is 0 Å². The summed E-state index contributed by atoms with van der Waals surface area (Å²) in [6, 6.07) is 9.94. The average Bonchev–Trinajstić information content (AvgIpc) is 3.27. The number of ether oxygens (including phenoxy) is 1. The van der Waals surface area contributed by atoms with E-state index in [0.717, 1.165) is 4.90 Å². The van der Waals surface area contributed by atoms with E-state index in [4.69, 9.17) is 20.8 Å². The molecule has 9 heteroatoms. The maximum atomic E-state index is 13.0. The summed E-state index contributed by atoms with van der Waals surface area (Å²) in [7, 11) is 0. The van der Waals surface area contributed by atoms with Crippen LogP contribution in [0.1, 0.15) is 43.8 Å². The zero-order valence-corrected chi connectivity index (χ0v) is 20.5. The molecule has 2 aromatic rings. The van der Waals surface area contributed by atoms with Gasteiger partial charge in [-0.1, -0.05) is 25.4 Å². The molecule has 35 heavy (non-hydrogen) atoms. The van der Waals surface area contributed by atoms with Crippen molar-refractivity contribution in [3.63, 3.8) is 0 Å². The largest absolute Gasteiger partial charge is 0.462 e. The molecular formula is C26H25ClN2O6. The van der Waals surface area contributed by atoms with E-state index in [1.165, 1.54) is 19.9 Å². The minimum atomic E-state index is -0.955. The van der Waals surface area contributed by atoms with Crippen molar-refractivity contribution in [1.82, 2.24) is 4.90 Å². The molecule has 0 spiro atoms. The highest BCUT2D eigenvalue weighted by Crippen LogP contribution is 2.31. The Hall–Kier alpha value is -3.67. The Labute approximate surface area is 208 Å². The molecule has 2 heterocycles. The molecule has 1 aliphatic rings. The number of aliphatic hydroxyl groups is 1. The highest BCUT2D eigenvalue weighted by molar-refractivity contribution is 6.33. The van der Waals surface area contributed by atoms with Gasteiger partial charge in [-0.3, -0.25) is 14.5 Å². The molecule has 1 aromatic carbocycles. The first kappa shape index (κ1) is 25.9. The number of carbonyl (C=O) groups is 3. The molecule has 1 atom stereocenters. The lowest BCUT2D eigenvalue weighted by atomic mass is 9.94. The van der Waals surface area contributed by atoms with E-state index in [1.54, 1.807) is 30.3 Å². The van der Waals surface area contributed by atoms with Crippen LogP contribution >= 0.6 is 11.6 Å². The molecule has 0 unspecified atom stereocenters. The summed E-state index contributed by atoms with van der Waals surface area (Å²) in [5.74, 6) is -1.04. The molecule has 1 aliphatic heterocycles. The number of esters is 1. The molecule has 0 radical (unpaired) electrons. The first-order valence-corrected chi connectivity index (χ1v) is 11.4. The van der Waals surface area contributed by atoms with Crippen molar-refractivity contribution in [3.05, 3.63) is 63.4 Å². The van der Waals surface area contributed by atoms with E-state index in [9.17, 15) is 24.8 Å². The van der Waals surface area contributed by atoms with E-state index < -0.39 is 23.9 Å². The maximum Gasteiger partial charge on any atom is 0.339 e. The lowest BCUT2D eigenvalue weighted by Gasteiger charge is -2.28. The van der Waals surface area contributed by atoms with Gasteiger partial charge in [0.05, 0.1) is 29.8 Å². The minimum Gasteiger partial charge on any atom is -0.462 e. The van der Waals surface area contributed by atoms with Gasteiger partial charge in [-0.05, 0) is 61.7 Å². The van der Waals surface area contributed by atoms with Gasteiger partial charge in [0.15, 0.2) is 0 Å². The highest BCUT2D eigenvalue weighted by Gasteiger charge is 2.36. The van der Waals surface area contributed by atoms with Crippen LogP contribution in [0.2, 0.25) is 5.02 Å². The van der Waals surface area contributed by atoms with E-state index >= 15 is 0 Å². The number of hydrogen-bond donors (Lipinski definition) is 1. The van der Waals surface area contributed by atoms with Gasteiger partial charge in [0, 0.05) is 11.1 Å². The number of furan rings is 1.